The Morgan fingerprint density at radius 2 is 1.74 bits per heavy atom. The fourth-order valence-electron chi connectivity index (χ4n) is 4.94. The van der Waals surface area contributed by atoms with Crippen molar-refractivity contribution in [1.29, 1.82) is 0 Å². The van der Waals surface area contributed by atoms with Gasteiger partial charge in [0, 0.05) is 30.1 Å². The molecule has 0 radical (unpaired) electrons. The number of non-ortho nitro benzene ring substituents is 1. The van der Waals surface area contributed by atoms with E-state index < -0.39 is 28.7 Å². The quantitative estimate of drug-likeness (QED) is 0.313. The van der Waals surface area contributed by atoms with E-state index in [4.69, 9.17) is 5.73 Å². The van der Waals surface area contributed by atoms with Gasteiger partial charge in [-0.05, 0) is 57.7 Å². The molecule has 1 aliphatic carbocycles. The smallest absolute Gasteiger partial charge is 0.334 e. The molecular formula is C24H30N4O7. The molecule has 35 heavy (non-hydrogen) atoms. The van der Waals surface area contributed by atoms with Crippen molar-refractivity contribution in [2.45, 2.75) is 32.6 Å². The zero-order valence-electron chi connectivity index (χ0n) is 19.9. The minimum atomic E-state index is -1.27. The zero-order valence-corrected chi connectivity index (χ0v) is 19.9. The summed E-state index contributed by atoms with van der Waals surface area (Å²) < 4.78 is 0. The summed E-state index contributed by atoms with van der Waals surface area (Å²) in [6, 6.07) is 5.44. The van der Waals surface area contributed by atoms with Crippen LogP contribution in [-0.4, -0.2) is 69.5 Å². The summed E-state index contributed by atoms with van der Waals surface area (Å²) in [5.41, 5.74) is 5.87. The first-order chi connectivity index (χ1) is 16.4. The van der Waals surface area contributed by atoms with Crippen LogP contribution < -0.4 is 5.73 Å². The van der Waals surface area contributed by atoms with Gasteiger partial charge in [0.05, 0.1) is 28.5 Å². The van der Waals surface area contributed by atoms with Gasteiger partial charge in [0.15, 0.2) is 0 Å². The second kappa shape index (κ2) is 10.3. The van der Waals surface area contributed by atoms with Gasteiger partial charge in [-0.15, -0.1) is 0 Å². The molecule has 1 saturated carbocycles. The average Bonchev–Trinajstić information content (AvgIpc) is 3.51. The molecule has 2 atom stereocenters. The van der Waals surface area contributed by atoms with Crippen LogP contribution in [0.15, 0.2) is 46.8 Å². The first-order valence-corrected chi connectivity index (χ1v) is 11.3. The van der Waals surface area contributed by atoms with Gasteiger partial charge >= 0.3 is 11.9 Å². The highest BCUT2D eigenvalue weighted by atomic mass is 16.6. The molecule has 1 heterocycles. The molecule has 0 bridgehead atoms. The van der Waals surface area contributed by atoms with E-state index in [0.29, 0.717) is 30.4 Å². The lowest BCUT2D eigenvalue weighted by Crippen LogP contribution is -2.35. The fraction of sp³-hybridized carbons (Fsp3) is 0.458. The van der Waals surface area contributed by atoms with E-state index in [1.165, 1.54) is 24.3 Å². The maximum atomic E-state index is 12.3. The predicted octanol–water partition coefficient (Wildman–Crippen LogP) is 2.15. The molecule has 0 aromatic heterocycles. The normalized spacial score (nSPS) is 20.4. The van der Waals surface area contributed by atoms with Crippen LogP contribution in [0.2, 0.25) is 0 Å². The number of nitrogens with zero attached hydrogens (tertiary/aromatic N) is 3. The number of carboxylic acids is 2. The van der Waals surface area contributed by atoms with Gasteiger partial charge in [0.2, 0.25) is 5.91 Å². The highest BCUT2D eigenvalue weighted by molar-refractivity contribution is 5.98. The van der Waals surface area contributed by atoms with Crippen molar-refractivity contribution in [3.63, 3.8) is 0 Å². The van der Waals surface area contributed by atoms with Gasteiger partial charge in [-0.25, -0.2) is 9.59 Å². The lowest BCUT2D eigenvalue weighted by atomic mass is 9.79. The van der Waals surface area contributed by atoms with E-state index in [0.717, 1.165) is 12.8 Å². The van der Waals surface area contributed by atoms with Crippen LogP contribution in [-0.2, 0) is 14.4 Å². The van der Waals surface area contributed by atoms with Gasteiger partial charge in [-0.2, -0.15) is 0 Å². The maximum absolute atomic E-state index is 12.3. The number of nitrogens with two attached hydrogens (primary N) is 1. The number of nitro benzene ring substituents is 1. The molecule has 1 aliphatic heterocycles. The predicted molar refractivity (Wildman–Crippen MR) is 126 cm³/mol. The Morgan fingerprint density at radius 3 is 2.26 bits per heavy atom. The summed E-state index contributed by atoms with van der Waals surface area (Å²) in [6.07, 6.45) is 1.77. The Bertz CT molecular complexity index is 1090. The van der Waals surface area contributed by atoms with E-state index in [1.54, 1.807) is 18.7 Å². The molecule has 2 aliphatic rings. The summed E-state index contributed by atoms with van der Waals surface area (Å²) in [5, 5.41) is 31.4. The number of hydrogen-bond donors (Lipinski definition) is 3. The second-order valence-corrected chi connectivity index (χ2v) is 9.25. The molecule has 1 aromatic rings. The van der Waals surface area contributed by atoms with Gasteiger partial charge < -0.3 is 20.8 Å². The van der Waals surface area contributed by atoms with Crippen molar-refractivity contribution < 1.29 is 29.5 Å². The molecule has 3 rings (SSSR count). The summed E-state index contributed by atoms with van der Waals surface area (Å²) in [7, 11) is 1.82. The van der Waals surface area contributed by atoms with Crippen molar-refractivity contribution in [2.24, 2.45) is 17.6 Å². The minimum Gasteiger partial charge on any atom is -0.478 e. The number of rotatable bonds is 11. The first kappa shape index (κ1) is 25.9. The van der Waals surface area contributed by atoms with E-state index in [1.807, 2.05) is 11.9 Å². The molecule has 2 unspecified atom stereocenters. The summed E-state index contributed by atoms with van der Waals surface area (Å²) in [6.45, 7) is 4.64. The number of likely N-dealkylation sites (N-methyl/N-ethyl adjacent to an activating group) is 1. The molecule has 1 amide bonds. The summed E-state index contributed by atoms with van der Waals surface area (Å²) >= 11 is 0. The summed E-state index contributed by atoms with van der Waals surface area (Å²) in [5.74, 6) is -3.44. The molecule has 11 heteroatoms. The molecule has 188 valence electrons. The van der Waals surface area contributed by atoms with E-state index >= 15 is 0 Å². The number of benzene rings is 1. The topological polar surface area (TPSA) is 167 Å². The number of nitro groups is 1. The average molecular weight is 487 g/mol. The van der Waals surface area contributed by atoms with E-state index in [-0.39, 0.29) is 34.9 Å². The number of allylic oxidation sites excluding steroid dienone is 2. The highest BCUT2D eigenvalue weighted by Crippen LogP contribution is 2.47. The largest absolute Gasteiger partial charge is 0.478 e. The number of primary amides is 1. The van der Waals surface area contributed by atoms with Crippen LogP contribution >= 0.6 is 0 Å². The summed E-state index contributed by atoms with van der Waals surface area (Å²) in [4.78, 5) is 50.0. The molecule has 1 fully saturated rings. The number of carboxylic acid groups (broad SMARTS) is 2. The molecule has 11 nitrogen and oxygen atoms in total. The third-order valence-corrected chi connectivity index (χ3v) is 6.84. The number of aliphatic carboxylic acids is 2. The first-order valence-electron chi connectivity index (χ1n) is 11.3. The lowest BCUT2D eigenvalue weighted by Gasteiger charge is -2.37. The van der Waals surface area contributed by atoms with Crippen molar-refractivity contribution >= 4 is 23.5 Å². The van der Waals surface area contributed by atoms with Crippen LogP contribution in [0.4, 0.5) is 5.69 Å². The lowest BCUT2D eigenvalue weighted by molar-refractivity contribution is -0.384. The number of carbonyl (C=O) groups excluding carboxylic acids is 1. The zero-order chi connectivity index (χ0) is 26.0. The van der Waals surface area contributed by atoms with Crippen LogP contribution in [0.1, 0.15) is 38.2 Å². The van der Waals surface area contributed by atoms with Crippen molar-refractivity contribution in [2.75, 3.05) is 26.7 Å². The number of hydrogen-bond acceptors (Lipinski definition) is 7. The number of amides is 1. The SMILES string of the molecule is CC1=C(C(=O)O)C(c2cccc([N+](=O)[O-])c2)C(C(=O)O)=C(C)N1CC1CC1CCN(C)CC(N)=O. The number of carbonyl (C=O) groups is 3. The van der Waals surface area contributed by atoms with Crippen LogP contribution in [0.25, 0.3) is 0 Å². The molecule has 0 saturated heterocycles. The Kier molecular flexibility index (Phi) is 7.59. The van der Waals surface area contributed by atoms with Gasteiger partial charge in [0.1, 0.15) is 0 Å². The Balaban J connectivity index is 1.89. The van der Waals surface area contributed by atoms with Crippen molar-refractivity contribution in [3.05, 3.63) is 62.5 Å². The third kappa shape index (κ3) is 5.68. The molecule has 4 N–H and O–H groups in total. The van der Waals surface area contributed by atoms with Crippen LogP contribution in [0, 0.1) is 22.0 Å². The monoisotopic (exact) mass is 486 g/mol. The standard InChI is InChI=1S/C24H30N4O7/c1-13-20(23(30)31)22(16-5-4-6-18(10-16)28(34)35)21(24(32)33)14(2)27(13)11-17-9-15(17)7-8-26(3)12-19(25)29/h4-6,10,15,17,22H,7-9,11-12H2,1-3H3,(H2,25,29)(H,30,31)(H,32,33). The minimum absolute atomic E-state index is 0.105. The Labute approximate surface area is 202 Å². The van der Waals surface area contributed by atoms with Crippen molar-refractivity contribution in [3.8, 4) is 0 Å². The van der Waals surface area contributed by atoms with Crippen LogP contribution in [0.5, 0.6) is 0 Å². The highest BCUT2D eigenvalue weighted by Gasteiger charge is 2.43. The van der Waals surface area contributed by atoms with E-state index in [2.05, 4.69) is 0 Å². The Morgan fingerprint density at radius 1 is 1.14 bits per heavy atom. The maximum Gasteiger partial charge on any atom is 0.334 e. The third-order valence-electron chi connectivity index (χ3n) is 6.84. The van der Waals surface area contributed by atoms with Gasteiger partial charge in [-0.3, -0.25) is 19.8 Å². The van der Waals surface area contributed by atoms with Gasteiger partial charge in [-0.1, -0.05) is 12.1 Å². The second-order valence-electron chi connectivity index (χ2n) is 9.25. The van der Waals surface area contributed by atoms with Crippen LogP contribution in [0.3, 0.4) is 0 Å². The Hall–Kier alpha value is -3.73. The molecular weight excluding hydrogens is 456 g/mol. The molecule has 0 spiro atoms. The fourth-order valence-corrected chi connectivity index (χ4v) is 4.94. The molecule has 1 aromatic carbocycles. The van der Waals surface area contributed by atoms with E-state index in [9.17, 15) is 34.7 Å². The van der Waals surface area contributed by atoms with Crippen molar-refractivity contribution in [1.82, 2.24) is 9.80 Å². The van der Waals surface area contributed by atoms with Gasteiger partial charge in [0.25, 0.3) is 5.69 Å².